The fourth-order valence-corrected chi connectivity index (χ4v) is 1.82. The predicted molar refractivity (Wildman–Crippen MR) is 73.7 cm³/mol. The SMILES string of the molecule is CCOCCN(C)Cc1cc(CN)ccc1OC. The molecule has 102 valence electrons. The van der Waals surface area contributed by atoms with Crippen LogP contribution in [-0.4, -0.2) is 38.8 Å². The van der Waals surface area contributed by atoms with Crippen LogP contribution in [0, 0.1) is 0 Å². The lowest BCUT2D eigenvalue weighted by Crippen LogP contribution is -2.23. The molecule has 0 spiro atoms. The van der Waals surface area contributed by atoms with Crippen molar-refractivity contribution in [2.24, 2.45) is 5.73 Å². The molecule has 0 unspecified atom stereocenters. The van der Waals surface area contributed by atoms with Crippen LogP contribution in [-0.2, 0) is 17.8 Å². The minimum Gasteiger partial charge on any atom is -0.496 e. The van der Waals surface area contributed by atoms with E-state index in [0.717, 1.165) is 37.6 Å². The highest BCUT2D eigenvalue weighted by atomic mass is 16.5. The molecular weight excluding hydrogens is 228 g/mol. The summed E-state index contributed by atoms with van der Waals surface area (Å²) in [5, 5.41) is 0. The molecule has 1 rings (SSSR count). The Morgan fingerprint density at radius 2 is 2.11 bits per heavy atom. The van der Waals surface area contributed by atoms with E-state index in [9.17, 15) is 0 Å². The van der Waals surface area contributed by atoms with Crippen molar-refractivity contribution in [2.75, 3.05) is 33.9 Å². The fourth-order valence-electron chi connectivity index (χ4n) is 1.82. The van der Waals surface area contributed by atoms with Gasteiger partial charge in [-0.25, -0.2) is 0 Å². The van der Waals surface area contributed by atoms with Crippen molar-refractivity contribution in [3.8, 4) is 5.75 Å². The smallest absolute Gasteiger partial charge is 0.123 e. The molecule has 0 saturated heterocycles. The van der Waals surface area contributed by atoms with Crippen molar-refractivity contribution in [2.45, 2.75) is 20.0 Å². The number of nitrogens with zero attached hydrogens (tertiary/aromatic N) is 1. The maximum absolute atomic E-state index is 5.66. The Bertz CT molecular complexity index is 356. The highest BCUT2D eigenvalue weighted by Crippen LogP contribution is 2.21. The molecule has 0 saturated carbocycles. The summed E-state index contributed by atoms with van der Waals surface area (Å²) in [5.41, 5.74) is 7.96. The maximum atomic E-state index is 5.66. The van der Waals surface area contributed by atoms with Crippen LogP contribution in [0.1, 0.15) is 18.1 Å². The zero-order valence-electron chi connectivity index (χ0n) is 11.6. The Kier molecular flexibility index (Phi) is 6.72. The van der Waals surface area contributed by atoms with E-state index in [4.69, 9.17) is 15.2 Å². The first-order chi connectivity index (χ1) is 8.71. The first kappa shape index (κ1) is 15.0. The molecule has 0 aromatic heterocycles. The standard InChI is InChI=1S/C14H24N2O2/c1-4-18-8-7-16(2)11-13-9-12(10-15)5-6-14(13)17-3/h5-6,9H,4,7-8,10-11,15H2,1-3H3. The average molecular weight is 252 g/mol. The number of ether oxygens (including phenoxy) is 2. The molecule has 4 nitrogen and oxygen atoms in total. The molecule has 0 aliphatic heterocycles. The van der Waals surface area contributed by atoms with Crippen LogP contribution >= 0.6 is 0 Å². The molecule has 18 heavy (non-hydrogen) atoms. The summed E-state index contributed by atoms with van der Waals surface area (Å²) in [7, 11) is 3.77. The molecule has 0 radical (unpaired) electrons. The van der Waals surface area contributed by atoms with E-state index in [-0.39, 0.29) is 0 Å². The zero-order valence-corrected chi connectivity index (χ0v) is 11.6. The quantitative estimate of drug-likeness (QED) is 0.714. The fraction of sp³-hybridized carbons (Fsp3) is 0.571. The third-order valence-electron chi connectivity index (χ3n) is 2.84. The number of hydrogen-bond acceptors (Lipinski definition) is 4. The number of methoxy groups -OCH3 is 1. The van der Waals surface area contributed by atoms with Gasteiger partial charge in [0.05, 0.1) is 13.7 Å². The van der Waals surface area contributed by atoms with Crippen LogP contribution in [0.25, 0.3) is 0 Å². The molecule has 0 fully saturated rings. The minimum atomic E-state index is 0.555. The highest BCUT2D eigenvalue weighted by Gasteiger charge is 2.07. The second-order valence-corrected chi connectivity index (χ2v) is 4.29. The van der Waals surface area contributed by atoms with Gasteiger partial charge in [-0.3, -0.25) is 4.90 Å². The Morgan fingerprint density at radius 1 is 1.33 bits per heavy atom. The summed E-state index contributed by atoms with van der Waals surface area (Å²) >= 11 is 0. The average Bonchev–Trinajstić information content (AvgIpc) is 2.39. The lowest BCUT2D eigenvalue weighted by atomic mass is 10.1. The van der Waals surface area contributed by atoms with Crippen molar-refractivity contribution in [1.29, 1.82) is 0 Å². The monoisotopic (exact) mass is 252 g/mol. The van der Waals surface area contributed by atoms with Gasteiger partial charge in [-0.05, 0) is 31.7 Å². The van der Waals surface area contributed by atoms with E-state index in [2.05, 4.69) is 18.0 Å². The summed E-state index contributed by atoms with van der Waals surface area (Å²) in [6, 6.07) is 6.09. The minimum absolute atomic E-state index is 0.555. The third kappa shape index (κ3) is 4.64. The van der Waals surface area contributed by atoms with Crippen molar-refractivity contribution in [1.82, 2.24) is 4.90 Å². The van der Waals surface area contributed by atoms with Gasteiger partial charge < -0.3 is 15.2 Å². The van der Waals surface area contributed by atoms with Crippen molar-refractivity contribution in [3.63, 3.8) is 0 Å². The molecule has 1 aromatic carbocycles. The molecule has 0 amide bonds. The Balaban J connectivity index is 2.63. The zero-order chi connectivity index (χ0) is 13.4. The first-order valence-corrected chi connectivity index (χ1v) is 6.33. The molecular formula is C14H24N2O2. The molecule has 0 aliphatic rings. The second-order valence-electron chi connectivity index (χ2n) is 4.29. The molecule has 0 bridgehead atoms. The predicted octanol–water partition coefficient (Wildman–Crippen LogP) is 1.62. The molecule has 2 N–H and O–H groups in total. The van der Waals surface area contributed by atoms with E-state index < -0.39 is 0 Å². The summed E-state index contributed by atoms with van der Waals surface area (Å²) < 4.78 is 10.7. The van der Waals surface area contributed by atoms with Crippen LogP contribution in [0.5, 0.6) is 5.75 Å². The van der Waals surface area contributed by atoms with Crippen molar-refractivity contribution in [3.05, 3.63) is 29.3 Å². The summed E-state index contributed by atoms with van der Waals surface area (Å²) in [6.45, 7) is 5.83. The van der Waals surface area contributed by atoms with Crippen LogP contribution in [0.2, 0.25) is 0 Å². The van der Waals surface area contributed by atoms with E-state index in [1.165, 1.54) is 5.56 Å². The lowest BCUT2D eigenvalue weighted by molar-refractivity contribution is 0.120. The van der Waals surface area contributed by atoms with Crippen molar-refractivity contribution < 1.29 is 9.47 Å². The van der Waals surface area contributed by atoms with Crippen LogP contribution in [0.15, 0.2) is 18.2 Å². The van der Waals surface area contributed by atoms with E-state index in [1.807, 2.05) is 19.1 Å². The topological polar surface area (TPSA) is 47.7 Å². The Labute approximate surface area is 110 Å². The van der Waals surface area contributed by atoms with Gasteiger partial charge in [0, 0.05) is 31.8 Å². The van der Waals surface area contributed by atoms with Crippen LogP contribution in [0.3, 0.4) is 0 Å². The number of rotatable bonds is 8. The molecule has 0 aliphatic carbocycles. The van der Waals surface area contributed by atoms with Gasteiger partial charge in [0.25, 0.3) is 0 Å². The van der Waals surface area contributed by atoms with Gasteiger partial charge in [0.1, 0.15) is 5.75 Å². The van der Waals surface area contributed by atoms with Gasteiger partial charge in [0.15, 0.2) is 0 Å². The molecule has 4 heteroatoms. The lowest BCUT2D eigenvalue weighted by Gasteiger charge is -2.18. The summed E-state index contributed by atoms with van der Waals surface area (Å²) in [5.74, 6) is 0.912. The largest absolute Gasteiger partial charge is 0.496 e. The van der Waals surface area contributed by atoms with Crippen molar-refractivity contribution >= 4 is 0 Å². The van der Waals surface area contributed by atoms with Gasteiger partial charge in [-0.2, -0.15) is 0 Å². The Hall–Kier alpha value is -1.10. The summed E-state index contributed by atoms with van der Waals surface area (Å²) in [6.07, 6.45) is 0. The third-order valence-corrected chi connectivity index (χ3v) is 2.84. The maximum Gasteiger partial charge on any atom is 0.123 e. The Morgan fingerprint density at radius 3 is 2.72 bits per heavy atom. The van der Waals surface area contributed by atoms with E-state index in [1.54, 1.807) is 7.11 Å². The van der Waals surface area contributed by atoms with Gasteiger partial charge in [-0.1, -0.05) is 6.07 Å². The number of benzene rings is 1. The molecule has 1 aromatic rings. The van der Waals surface area contributed by atoms with Gasteiger partial charge in [0.2, 0.25) is 0 Å². The van der Waals surface area contributed by atoms with Crippen LogP contribution in [0.4, 0.5) is 0 Å². The van der Waals surface area contributed by atoms with E-state index in [0.29, 0.717) is 6.54 Å². The first-order valence-electron chi connectivity index (χ1n) is 6.33. The molecule has 0 heterocycles. The van der Waals surface area contributed by atoms with Crippen LogP contribution < -0.4 is 10.5 Å². The highest BCUT2D eigenvalue weighted by molar-refractivity contribution is 5.37. The van der Waals surface area contributed by atoms with Gasteiger partial charge >= 0.3 is 0 Å². The normalized spacial score (nSPS) is 10.9. The number of nitrogens with two attached hydrogens (primary N) is 1. The summed E-state index contributed by atoms with van der Waals surface area (Å²) in [4.78, 5) is 2.22. The van der Waals surface area contributed by atoms with Gasteiger partial charge in [-0.15, -0.1) is 0 Å². The molecule has 0 atom stereocenters. The second kappa shape index (κ2) is 8.08. The van der Waals surface area contributed by atoms with E-state index >= 15 is 0 Å². The number of hydrogen-bond donors (Lipinski definition) is 1. The number of likely N-dealkylation sites (N-methyl/N-ethyl adjacent to an activating group) is 1.